The molecule has 2 aromatic rings. The number of anilines is 2. The number of aromatic nitrogens is 1. The summed E-state index contributed by atoms with van der Waals surface area (Å²) >= 11 is 1.55. The number of carbonyl (C=O) groups is 1. The molecule has 0 unspecified atom stereocenters. The largest absolute Gasteiger partial charge is 0.384 e. The molecule has 1 amide bonds. The predicted octanol–water partition coefficient (Wildman–Crippen LogP) is 3.53. The Kier molecular flexibility index (Phi) is 4.52. The number of nitrogens with zero attached hydrogens (tertiary/aromatic N) is 1. The van der Waals surface area contributed by atoms with Crippen LogP contribution in [0.2, 0.25) is 0 Å². The molecule has 0 aliphatic rings. The van der Waals surface area contributed by atoms with Crippen molar-refractivity contribution in [3.05, 3.63) is 40.3 Å². The number of nitrogens with one attached hydrogen (secondary N) is 2. The van der Waals surface area contributed by atoms with Gasteiger partial charge in [0.05, 0.1) is 16.9 Å². The fraction of sp³-hybridized carbons (Fsp3) is 0.286. The average Bonchev–Trinajstić information content (AvgIpc) is 2.89. The summed E-state index contributed by atoms with van der Waals surface area (Å²) in [7, 11) is 0. The lowest BCUT2D eigenvalue weighted by Gasteiger charge is -2.11. The van der Waals surface area contributed by atoms with E-state index in [-0.39, 0.29) is 5.91 Å². The van der Waals surface area contributed by atoms with Crippen molar-refractivity contribution in [2.75, 3.05) is 17.2 Å². The molecule has 2 rings (SSSR count). The van der Waals surface area contributed by atoms with Crippen molar-refractivity contribution in [2.45, 2.75) is 20.3 Å². The van der Waals surface area contributed by atoms with Gasteiger partial charge in [0.15, 0.2) is 0 Å². The quantitative estimate of drug-likeness (QED) is 0.877. The van der Waals surface area contributed by atoms with E-state index in [1.807, 2.05) is 29.8 Å². The first-order chi connectivity index (χ1) is 9.20. The maximum atomic E-state index is 12.2. The van der Waals surface area contributed by atoms with Gasteiger partial charge in [0.1, 0.15) is 0 Å². The van der Waals surface area contributed by atoms with Crippen molar-refractivity contribution in [2.24, 2.45) is 0 Å². The van der Waals surface area contributed by atoms with E-state index in [0.29, 0.717) is 5.56 Å². The number of hydrogen-bond donors (Lipinski definition) is 2. The van der Waals surface area contributed by atoms with Gasteiger partial charge in [-0.1, -0.05) is 6.92 Å². The average molecular weight is 275 g/mol. The van der Waals surface area contributed by atoms with Gasteiger partial charge in [-0.25, -0.2) is 0 Å². The summed E-state index contributed by atoms with van der Waals surface area (Å²) in [6, 6.07) is 3.78. The van der Waals surface area contributed by atoms with Crippen LogP contribution >= 0.6 is 11.3 Å². The van der Waals surface area contributed by atoms with Gasteiger partial charge in [0, 0.05) is 23.8 Å². The Morgan fingerprint density at radius 1 is 1.47 bits per heavy atom. The van der Waals surface area contributed by atoms with Crippen molar-refractivity contribution in [1.29, 1.82) is 0 Å². The van der Waals surface area contributed by atoms with Crippen LogP contribution in [0.3, 0.4) is 0 Å². The minimum Gasteiger partial charge on any atom is -0.384 e. The van der Waals surface area contributed by atoms with Crippen LogP contribution in [0.1, 0.15) is 29.4 Å². The van der Waals surface area contributed by atoms with Gasteiger partial charge in [-0.15, -0.1) is 0 Å². The molecule has 2 N–H and O–H groups in total. The molecule has 0 aliphatic carbocycles. The molecule has 0 bridgehead atoms. The van der Waals surface area contributed by atoms with E-state index in [4.69, 9.17) is 0 Å². The van der Waals surface area contributed by atoms with Crippen LogP contribution in [-0.2, 0) is 0 Å². The van der Waals surface area contributed by atoms with Crippen LogP contribution in [0.4, 0.5) is 11.4 Å². The highest BCUT2D eigenvalue weighted by molar-refractivity contribution is 7.08. The molecule has 2 heterocycles. The molecule has 19 heavy (non-hydrogen) atoms. The number of rotatable bonds is 5. The van der Waals surface area contributed by atoms with Gasteiger partial charge in [-0.2, -0.15) is 11.3 Å². The van der Waals surface area contributed by atoms with Gasteiger partial charge in [-0.3, -0.25) is 9.78 Å². The van der Waals surface area contributed by atoms with Gasteiger partial charge in [0.25, 0.3) is 5.91 Å². The molecule has 100 valence electrons. The van der Waals surface area contributed by atoms with Crippen molar-refractivity contribution >= 4 is 28.6 Å². The fourth-order valence-electron chi connectivity index (χ4n) is 1.68. The van der Waals surface area contributed by atoms with E-state index in [0.717, 1.165) is 30.0 Å². The molecule has 0 aromatic carbocycles. The smallest absolute Gasteiger partial charge is 0.259 e. The van der Waals surface area contributed by atoms with Gasteiger partial charge >= 0.3 is 0 Å². The lowest BCUT2D eigenvalue weighted by Crippen LogP contribution is -2.15. The number of carbonyl (C=O) groups excluding carboxylic acids is 1. The zero-order chi connectivity index (χ0) is 13.7. The van der Waals surface area contributed by atoms with Crippen molar-refractivity contribution in [3.8, 4) is 0 Å². The third kappa shape index (κ3) is 3.54. The van der Waals surface area contributed by atoms with Crippen molar-refractivity contribution in [1.82, 2.24) is 4.98 Å². The third-order valence-electron chi connectivity index (χ3n) is 2.63. The predicted molar refractivity (Wildman–Crippen MR) is 80.0 cm³/mol. The van der Waals surface area contributed by atoms with Crippen molar-refractivity contribution in [3.63, 3.8) is 0 Å². The van der Waals surface area contributed by atoms with E-state index in [2.05, 4.69) is 22.5 Å². The van der Waals surface area contributed by atoms with Crippen LogP contribution in [0.5, 0.6) is 0 Å². The number of hydrogen-bond acceptors (Lipinski definition) is 4. The molecule has 5 heteroatoms. The van der Waals surface area contributed by atoms with E-state index in [9.17, 15) is 4.79 Å². The van der Waals surface area contributed by atoms with E-state index >= 15 is 0 Å². The molecule has 2 aromatic heterocycles. The van der Waals surface area contributed by atoms with Crippen LogP contribution in [0.25, 0.3) is 0 Å². The van der Waals surface area contributed by atoms with Crippen LogP contribution in [0, 0.1) is 6.92 Å². The second kappa shape index (κ2) is 6.33. The molecule has 0 spiro atoms. The maximum Gasteiger partial charge on any atom is 0.259 e. The monoisotopic (exact) mass is 275 g/mol. The highest BCUT2D eigenvalue weighted by Crippen LogP contribution is 2.19. The minimum absolute atomic E-state index is 0.135. The normalized spacial score (nSPS) is 10.2. The Labute approximate surface area is 116 Å². The Morgan fingerprint density at radius 2 is 2.32 bits per heavy atom. The lowest BCUT2D eigenvalue weighted by atomic mass is 10.2. The van der Waals surface area contributed by atoms with E-state index in [1.54, 1.807) is 17.5 Å². The van der Waals surface area contributed by atoms with Crippen LogP contribution < -0.4 is 10.6 Å². The standard InChI is InChI=1S/C14H17N3OS/c1-3-5-15-13-7-10(2)16-8-12(13)14(18)17-11-4-6-19-9-11/h4,6-9H,3,5H2,1-2H3,(H,15,16)(H,17,18). The fourth-order valence-corrected chi connectivity index (χ4v) is 2.27. The number of amides is 1. The Balaban J connectivity index is 2.20. The summed E-state index contributed by atoms with van der Waals surface area (Å²) in [6.07, 6.45) is 2.63. The van der Waals surface area contributed by atoms with Crippen molar-refractivity contribution < 1.29 is 4.79 Å². The SMILES string of the molecule is CCCNc1cc(C)ncc1C(=O)Nc1ccsc1. The third-order valence-corrected chi connectivity index (χ3v) is 3.31. The molecule has 0 saturated heterocycles. The number of pyridine rings is 1. The second-order valence-electron chi connectivity index (χ2n) is 4.26. The minimum atomic E-state index is -0.135. The first kappa shape index (κ1) is 13.5. The zero-order valence-corrected chi connectivity index (χ0v) is 11.9. The molecule has 0 saturated carbocycles. The first-order valence-corrected chi connectivity index (χ1v) is 7.19. The molecule has 4 nitrogen and oxygen atoms in total. The van der Waals surface area contributed by atoms with Gasteiger partial charge in [-0.05, 0) is 30.9 Å². The van der Waals surface area contributed by atoms with Gasteiger partial charge < -0.3 is 10.6 Å². The summed E-state index contributed by atoms with van der Waals surface area (Å²) in [6.45, 7) is 4.84. The van der Waals surface area contributed by atoms with E-state index < -0.39 is 0 Å². The summed E-state index contributed by atoms with van der Waals surface area (Å²) in [4.78, 5) is 16.4. The maximum absolute atomic E-state index is 12.2. The van der Waals surface area contributed by atoms with Crippen LogP contribution in [0.15, 0.2) is 29.1 Å². The molecule has 0 atom stereocenters. The second-order valence-corrected chi connectivity index (χ2v) is 5.04. The summed E-state index contributed by atoms with van der Waals surface area (Å²) < 4.78 is 0. The summed E-state index contributed by atoms with van der Waals surface area (Å²) in [5.41, 5.74) is 3.12. The summed E-state index contributed by atoms with van der Waals surface area (Å²) in [5, 5.41) is 9.96. The topological polar surface area (TPSA) is 54.0 Å². The molecule has 0 fully saturated rings. The lowest BCUT2D eigenvalue weighted by molar-refractivity contribution is 0.102. The molecule has 0 aliphatic heterocycles. The van der Waals surface area contributed by atoms with Crippen LogP contribution in [-0.4, -0.2) is 17.4 Å². The van der Waals surface area contributed by atoms with E-state index in [1.165, 1.54) is 0 Å². The number of thiophene rings is 1. The first-order valence-electron chi connectivity index (χ1n) is 6.24. The molecular weight excluding hydrogens is 258 g/mol. The zero-order valence-electron chi connectivity index (χ0n) is 11.1. The number of aryl methyl sites for hydroxylation is 1. The Hall–Kier alpha value is -1.88. The highest BCUT2D eigenvalue weighted by Gasteiger charge is 2.12. The van der Waals surface area contributed by atoms with Gasteiger partial charge in [0.2, 0.25) is 0 Å². The highest BCUT2D eigenvalue weighted by atomic mass is 32.1. The Bertz CT molecular complexity index is 552. The molecular formula is C14H17N3OS. The Morgan fingerprint density at radius 3 is 3.00 bits per heavy atom. The summed E-state index contributed by atoms with van der Waals surface area (Å²) in [5.74, 6) is -0.135. The molecule has 0 radical (unpaired) electrons.